The molecule has 0 aliphatic heterocycles. The maximum atomic E-state index is 11.9. The summed E-state index contributed by atoms with van der Waals surface area (Å²) < 4.78 is 11.4. The van der Waals surface area contributed by atoms with Gasteiger partial charge in [0.05, 0.1) is 24.1 Å². The fourth-order valence-electron chi connectivity index (χ4n) is 2.61. The van der Waals surface area contributed by atoms with Gasteiger partial charge in [0.25, 0.3) is 0 Å². The normalized spacial score (nSPS) is 11.5. The van der Waals surface area contributed by atoms with Crippen molar-refractivity contribution in [1.82, 2.24) is 9.78 Å². The molecule has 0 unspecified atom stereocenters. The quantitative estimate of drug-likeness (QED) is 0.740. The molecule has 1 aromatic heterocycles. The number of hydrogen-bond donors (Lipinski definition) is 0. The van der Waals surface area contributed by atoms with Crippen LogP contribution in [-0.4, -0.2) is 34.9 Å². The Morgan fingerprint density at radius 1 is 1.27 bits per heavy atom. The predicted molar refractivity (Wildman–Crippen MR) is 93.9 cm³/mol. The van der Waals surface area contributed by atoms with Gasteiger partial charge in [0.1, 0.15) is 6.07 Å². The van der Waals surface area contributed by atoms with E-state index in [1.165, 1.54) is 14.0 Å². The maximum absolute atomic E-state index is 11.9. The van der Waals surface area contributed by atoms with Gasteiger partial charge in [-0.25, -0.2) is 9.48 Å². The summed E-state index contributed by atoms with van der Waals surface area (Å²) >= 11 is 0. The number of hydrogen-bond acceptors (Lipinski definition) is 6. The van der Waals surface area contributed by atoms with Crippen LogP contribution in [0.15, 0.2) is 24.3 Å². The van der Waals surface area contributed by atoms with E-state index in [4.69, 9.17) is 10.00 Å². The van der Waals surface area contributed by atoms with Gasteiger partial charge in [-0.2, -0.15) is 10.4 Å². The molecule has 1 atom stereocenters. The highest BCUT2D eigenvalue weighted by molar-refractivity contribution is 5.89. The standard InChI is InChI=1S/C19H21N3O4/c1-12(11-20)26-19(24)15-5-7-16(8-6-15)22-14(3)17(13(2)21-22)9-10-18(23)25-4/h5-8,12H,9-10H2,1-4H3/t12-/m0/s1. The van der Waals surface area contributed by atoms with Crippen molar-refractivity contribution in [2.24, 2.45) is 0 Å². The third-order valence-corrected chi connectivity index (χ3v) is 4.06. The summed E-state index contributed by atoms with van der Waals surface area (Å²) in [5.41, 5.74) is 3.93. The number of carbonyl (C=O) groups is 2. The Morgan fingerprint density at radius 2 is 1.92 bits per heavy atom. The number of nitrogens with zero attached hydrogens (tertiary/aromatic N) is 3. The second-order valence-corrected chi connectivity index (χ2v) is 5.86. The molecule has 136 valence electrons. The number of nitriles is 1. The van der Waals surface area contributed by atoms with Gasteiger partial charge in [-0.05, 0) is 57.0 Å². The molecule has 0 aliphatic carbocycles. The van der Waals surface area contributed by atoms with Crippen LogP contribution in [0.5, 0.6) is 0 Å². The van der Waals surface area contributed by atoms with Crippen LogP contribution in [0.25, 0.3) is 5.69 Å². The molecule has 0 aliphatic rings. The first kappa shape index (κ1) is 19.2. The van der Waals surface area contributed by atoms with Crippen LogP contribution < -0.4 is 0 Å². The fraction of sp³-hybridized carbons (Fsp3) is 0.368. The van der Waals surface area contributed by atoms with Crippen molar-refractivity contribution in [3.63, 3.8) is 0 Å². The van der Waals surface area contributed by atoms with Crippen molar-refractivity contribution in [3.8, 4) is 11.8 Å². The van der Waals surface area contributed by atoms with Crippen LogP contribution in [0.1, 0.15) is 40.7 Å². The first-order valence-corrected chi connectivity index (χ1v) is 8.20. The number of aromatic nitrogens is 2. The van der Waals surface area contributed by atoms with Gasteiger partial charge in [0, 0.05) is 12.1 Å². The van der Waals surface area contributed by atoms with Crippen LogP contribution >= 0.6 is 0 Å². The van der Waals surface area contributed by atoms with Crippen molar-refractivity contribution >= 4 is 11.9 Å². The molecular weight excluding hydrogens is 334 g/mol. The van der Waals surface area contributed by atoms with E-state index in [0.29, 0.717) is 18.4 Å². The lowest BCUT2D eigenvalue weighted by Gasteiger charge is -2.08. The van der Waals surface area contributed by atoms with E-state index in [-0.39, 0.29) is 5.97 Å². The van der Waals surface area contributed by atoms with Gasteiger partial charge < -0.3 is 9.47 Å². The van der Waals surface area contributed by atoms with E-state index < -0.39 is 12.1 Å². The number of rotatable bonds is 6. The van der Waals surface area contributed by atoms with E-state index in [1.807, 2.05) is 19.9 Å². The summed E-state index contributed by atoms with van der Waals surface area (Å²) in [7, 11) is 1.37. The average Bonchev–Trinajstić information content (AvgIpc) is 2.93. The van der Waals surface area contributed by atoms with E-state index in [2.05, 4.69) is 9.84 Å². The van der Waals surface area contributed by atoms with Gasteiger partial charge in [0.15, 0.2) is 6.10 Å². The lowest BCUT2D eigenvalue weighted by atomic mass is 10.1. The Labute approximate surface area is 152 Å². The molecule has 0 N–H and O–H groups in total. The summed E-state index contributed by atoms with van der Waals surface area (Å²) in [4.78, 5) is 23.3. The molecule has 1 heterocycles. The molecule has 1 aromatic carbocycles. The topological polar surface area (TPSA) is 94.2 Å². The summed E-state index contributed by atoms with van der Waals surface area (Å²) in [6.07, 6.45) is 0.0579. The van der Waals surface area contributed by atoms with E-state index in [0.717, 1.165) is 22.6 Å². The third-order valence-electron chi connectivity index (χ3n) is 4.06. The highest BCUT2D eigenvalue weighted by Gasteiger charge is 2.16. The monoisotopic (exact) mass is 355 g/mol. The summed E-state index contributed by atoms with van der Waals surface area (Å²) in [5, 5.41) is 13.2. The molecule has 0 bridgehead atoms. The zero-order valence-electron chi connectivity index (χ0n) is 15.3. The van der Waals surface area contributed by atoms with Crippen LogP contribution in [0.2, 0.25) is 0 Å². The minimum atomic E-state index is -0.796. The highest BCUT2D eigenvalue weighted by atomic mass is 16.5. The average molecular weight is 355 g/mol. The molecule has 0 fully saturated rings. The Kier molecular flexibility index (Phi) is 6.12. The summed E-state index contributed by atoms with van der Waals surface area (Å²) in [5.74, 6) is -0.802. The van der Waals surface area contributed by atoms with Crippen molar-refractivity contribution < 1.29 is 19.1 Å². The molecule has 7 nitrogen and oxygen atoms in total. The SMILES string of the molecule is COC(=O)CCc1c(C)nn(-c2ccc(C(=O)O[C@@H](C)C#N)cc2)c1C. The molecule has 2 rings (SSSR count). The van der Waals surface area contributed by atoms with Crippen molar-refractivity contribution in [1.29, 1.82) is 5.26 Å². The number of benzene rings is 1. The largest absolute Gasteiger partial charge is 0.469 e. The van der Waals surface area contributed by atoms with Crippen molar-refractivity contribution in [3.05, 3.63) is 46.8 Å². The second-order valence-electron chi connectivity index (χ2n) is 5.86. The molecule has 0 saturated carbocycles. The molecular formula is C19H21N3O4. The number of carbonyl (C=O) groups excluding carboxylic acids is 2. The van der Waals surface area contributed by atoms with Gasteiger partial charge in [-0.1, -0.05) is 0 Å². The molecule has 7 heteroatoms. The highest BCUT2D eigenvalue weighted by Crippen LogP contribution is 2.20. The Morgan fingerprint density at radius 3 is 2.50 bits per heavy atom. The van der Waals surface area contributed by atoms with Crippen LogP contribution in [0, 0.1) is 25.2 Å². The van der Waals surface area contributed by atoms with Crippen LogP contribution in [0.3, 0.4) is 0 Å². The zero-order valence-corrected chi connectivity index (χ0v) is 15.3. The summed E-state index contributed by atoms with van der Waals surface area (Å²) in [6, 6.07) is 8.64. The molecule has 26 heavy (non-hydrogen) atoms. The number of methoxy groups -OCH3 is 1. The lowest BCUT2D eigenvalue weighted by Crippen LogP contribution is -2.13. The second kappa shape index (κ2) is 8.30. The zero-order chi connectivity index (χ0) is 19.3. The Bertz CT molecular complexity index is 847. The van der Waals surface area contributed by atoms with E-state index >= 15 is 0 Å². The first-order valence-electron chi connectivity index (χ1n) is 8.20. The summed E-state index contributed by atoms with van der Waals surface area (Å²) in [6.45, 7) is 5.34. The molecule has 0 amide bonds. The predicted octanol–water partition coefficient (Wildman–Crippen LogP) is 2.66. The molecule has 0 radical (unpaired) electrons. The Balaban J connectivity index is 2.20. The van der Waals surface area contributed by atoms with E-state index in [1.54, 1.807) is 28.9 Å². The van der Waals surface area contributed by atoms with Gasteiger partial charge in [0.2, 0.25) is 0 Å². The lowest BCUT2D eigenvalue weighted by molar-refractivity contribution is -0.140. The number of aryl methyl sites for hydroxylation is 1. The fourth-order valence-corrected chi connectivity index (χ4v) is 2.61. The van der Waals surface area contributed by atoms with Gasteiger partial charge in [-0.3, -0.25) is 4.79 Å². The maximum Gasteiger partial charge on any atom is 0.339 e. The Hall–Kier alpha value is -3.14. The van der Waals surface area contributed by atoms with Crippen LogP contribution in [-0.2, 0) is 20.7 Å². The molecule has 2 aromatic rings. The van der Waals surface area contributed by atoms with E-state index in [9.17, 15) is 9.59 Å². The van der Waals surface area contributed by atoms with Gasteiger partial charge >= 0.3 is 11.9 Å². The van der Waals surface area contributed by atoms with Gasteiger partial charge in [-0.15, -0.1) is 0 Å². The minimum absolute atomic E-state index is 0.258. The number of ether oxygens (including phenoxy) is 2. The minimum Gasteiger partial charge on any atom is -0.469 e. The van der Waals surface area contributed by atoms with Crippen molar-refractivity contribution in [2.75, 3.05) is 7.11 Å². The first-order chi connectivity index (χ1) is 12.4. The molecule has 0 saturated heterocycles. The van der Waals surface area contributed by atoms with Crippen LogP contribution in [0.4, 0.5) is 0 Å². The molecule has 0 spiro atoms. The van der Waals surface area contributed by atoms with Crippen molar-refractivity contribution in [2.45, 2.75) is 39.7 Å². The number of esters is 2. The smallest absolute Gasteiger partial charge is 0.339 e. The third kappa shape index (κ3) is 4.28.